The third-order valence-corrected chi connectivity index (χ3v) is 5.16. The molecule has 0 radical (unpaired) electrons. The fourth-order valence-corrected chi connectivity index (χ4v) is 3.69. The summed E-state index contributed by atoms with van der Waals surface area (Å²) < 4.78 is 36.5. The highest BCUT2D eigenvalue weighted by Gasteiger charge is 2.23. The summed E-state index contributed by atoms with van der Waals surface area (Å²) in [6.45, 7) is -0.673. The Kier molecular flexibility index (Phi) is 6.69. The first-order chi connectivity index (χ1) is 16.4. The Morgan fingerprint density at radius 3 is 2.82 bits per heavy atom. The molecular formula is C24H23F2N5O3. The van der Waals surface area contributed by atoms with Crippen molar-refractivity contribution in [2.75, 3.05) is 19.0 Å². The van der Waals surface area contributed by atoms with Gasteiger partial charge in [0, 0.05) is 42.6 Å². The molecule has 2 aliphatic rings. The third-order valence-electron chi connectivity index (χ3n) is 5.16. The minimum Gasteiger partial charge on any atom is -0.417 e. The summed E-state index contributed by atoms with van der Waals surface area (Å²) in [6.07, 6.45) is 11.3. The fraction of sp³-hybridized carbons (Fsp3) is 0.208. The van der Waals surface area contributed by atoms with Gasteiger partial charge in [-0.05, 0) is 42.9 Å². The predicted octanol–water partition coefficient (Wildman–Crippen LogP) is 3.71. The number of hydrogen-bond acceptors (Lipinski definition) is 7. The summed E-state index contributed by atoms with van der Waals surface area (Å²) in [4.78, 5) is 17.6. The largest absolute Gasteiger partial charge is 0.417 e. The van der Waals surface area contributed by atoms with Crippen LogP contribution < -0.4 is 20.9 Å². The molecule has 34 heavy (non-hydrogen) atoms. The van der Waals surface area contributed by atoms with Gasteiger partial charge in [0.2, 0.25) is 5.88 Å². The molecule has 0 saturated carbocycles. The van der Waals surface area contributed by atoms with Crippen molar-refractivity contribution in [1.82, 2.24) is 14.9 Å². The van der Waals surface area contributed by atoms with Crippen LogP contribution in [0.25, 0.3) is 17.3 Å². The average molecular weight is 467 g/mol. The number of ether oxygens (including phenoxy) is 2. The maximum absolute atomic E-state index is 13.7. The number of fused-ring (bicyclic) bond motifs is 1. The van der Waals surface area contributed by atoms with Crippen LogP contribution in [0.15, 0.2) is 65.3 Å². The first-order valence-corrected chi connectivity index (χ1v) is 10.6. The van der Waals surface area contributed by atoms with Gasteiger partial charge in [0.05, 0.1) is 17.6 Å². The van der Waals surface area contributed by atoms with E-state index in [4.69, 9.17) is 10.1 Å². The quantitative estimate of drug-likeness (QED) is 0.574. The summed E-state index contributed by atoms with van der Waals surface area (Å²) in [5.41, 5.74) is 2.72. The van der Waals surface area contributed by atoms with Crippen LogP contribution in [0, 0.1) is 5.41 Å². The number of nitrogens with one attached hydrogen (secondary N) is 3. The SMILES string of the molecule is CCOC1C=Cc2cc(C3=C/C(=C/NC)C(=N)C=C3)c(=O)n(-c3ccc(OC(F)F)nc3)c2N1. The third kappa shape index (κ3) is 4.67. The lowest BCUT2D eigenvalue weighted by Gasteiger charge is -2.26. The molecular weight excluding hydrogens is 444 g/mol. The number of allylic oxidation sites excluding steroid dienone is 5. The zero-order valence-electron chi connectivity index (χ0n) is 18.5. The van der Waals surface area contributed by atoms with Gasteiger partial charge in [-0.3, -0.25) is 9.36 Å². The van der Waals surface area contributed by atoms with Crippen molar-refractivity contribution in [2.24, 2.45) is 0 Å². The van der Waals surface area contributed by atoms with Gasteiger partial charge in [0.25, 0.3) is 5.56 Å². The molecule has 1 aliphatic heterocycles. The van der Waals surface area contributed by atoms with Crippen LogP contribution in [-0.2, 0) is 4.74 Å². The van der Waals surface area contributed by atoms with Crippen molar-refractivity contribution in [3.8, 4) is 11.6 Å². The summed E-state index contributed by atoms with van der Waals surface area (Å²) in [5.74, 6) is 0.230. The zero-order chi connectivity index (χ0) is 24.2. The Balaban J connectivity index is 1.88. The molecule has 0 bridgehead atoms. The number of nitrogens with zero attached hydrogens (tertiary/aromatic N) is 2. The van der Waals surface area contributed by atoms with Crippen LogP contribution in [0.3, 0.4) is 0 Å². The van der Waals surface area contributed by atoms with Gasteiger partial charge >= 0.3 is 6.61 Å². The molecule has 176 valence electrons. The number of halogens is 2. The normalized spacial score (nSPS) is 18.0. The van der Waals surface area contributed by atoms with Crippen LogP contribution in [0.1, 0.15) is 18.1 Å². The smallest absolute Gasteiger partial charge is 0.388 e. The molecule has 0 fully saturated rings. The van der Waals surface area contributed by atoms with E-state index in [-0.39, 0.29) is 11.4 Å². The standard InChI is InChI=1S/C24H23F2N5O3/c1-3-33-21-8-5-15-11-18(14-4-7-19(27)16(10-14)12-28-2)23(32)31(22(15)30-21)17-6-9-20(29-13-17)34-24(25)26/h4-13,21,24,27-28,30H,3H2,1-2H3/b16-12-,27-19?. The maximum Gasteiger partial charge on any atom is 0.388 e. The second-order valence-corrected chi connectivity index (χ2v) is 7.35. The predicted molar refractivity (Wildman–Crippen MR) is 127 cm³/mol. The minimum absolute atomic E-state index is 0.254. The highest BCUT2D eigenvalue weighted by molar-refractivity contribution is 6.13. The zero-order valence-corrected chi connectivity index (χ0v) is 18.5. The van der Waals surface area contributed by atoms with Crippen LogP contribution >= 0.6 is 0 Å². The summed E-state index contributed by atoms with van der Waals surface area (Å²) in [5, 5.41) is 14.2. The van der Waals surface area contributed by atoms with E-state index in [9.17, 15) is 13.6 Å². The van der Waals surface area contributed by atoms with Crippen molar-refractivity contribution in [1.29, 1.82) is 5.41 Å². The van der Waals surface area contributed by atoms with Crippen molar-refractivity contribution >= 4 is 23.2 Å². The van der Waals surface area contributed by atoms with E-state index in [1.54, 1.807) is 37.5 Å². The molecule has 0 spiro atoms. The van der Waals surface area contributed by atoms with Gasteiger partial charge in [-0.2, -0.15) is 8.78 Å². The number of hydrogen-bond donors (Lipinski definition) is 3. The van der Waals surface area contributed by atoms with E-state index in [1.165, 1.54) is 22.9 Å². The van der Waals surface area contributed by atoms with Gasteiger partial charge in [-0.25, -0.2) is 4.98 Å². The lowest BCUT2D eigenvalue weighted by molar-refractivity contribution is -0.0528. The van der Waals surface area contributed by atoms with Crippen LogP contribution in [0.4, 0.5) is 14.6 Å². The van der Waals surface area contributed by atoms with Crippen molar-refractivity contribution < 1.29 is 18.3 Å². The second-order valence-electron chi connectivity index (χ2n) is 7.35. The van der Waals surface area contributed by atoms with Gasteiger partial charge in [0.1, 0.15) is 12.0 Å². The first-order valence-electron chi connectivity index (χ1n) is 10.6. The second kappa shape index (κ2) is 9.84. The van der Waals surface area contributed by atoms with E-state index >= 15 is 0 Å². The molecule has 4 rings (SSSR count). The summed E-state index contributed by atoms with van der Waals surface area (Å²) >= 11 is 0. The lowest BCUT2D eigenvalue weighted by Crippen LogP contribution is -2.32. The maximum atomic E-state index is 13.7. The molecule has 1 aliphatic carbocycles. The van der Waals surface area contributed by atoms with Gasteiger partial charge < -0.3 is 25.5 Å². The topological polar surface area (TPSA) is 101 Å². The number of pyridine rings is 2. The number of alkyl halides is 2. The molecule has 1 atom stereocenters. The Morgan fingerprint density at radius 1 is 1.32 bits per heavy atom. The summed E-state index contributed by atoms with van der Waals surface area (Å²) in [6, 6.07) is 4.53. The molecule has 1 unspecified atom stereocenters. The van der Waals surface area contributed by atoms with E-state index in [0.29, 0.717) is 40.5 Å². The van der Waals surface area contributed by atoms with Gasteiger partial charge in [0.15, 0.2) is 0 Å². The molecule has 0 aromatic carbocycles. The van der Waals surface area contributed by atoms with Crippen molar-refractivity contribution in [3.63, 3.8) is 0 Å². The number of rotatable bonds is 7. The summed E-state index contributed by atoms with van der Waals surface area (Å²) in [7, 11) is 1.73. The molecule has 0 amide bonds. The highest BCUT2D eigenvalue weighted by Crippen LogP contribution is 2.30. The monoisotopic (exact) mass is 467 g/mol. The van der Waals surface area contributed by atoms with Crippen molar-refractivity contribution in [3.05, 3.63) is 82.0 Å². The van der Waals surface area contributed by atoms with E-state index in [2.05, 4.69) is 20.4 Å². The number of anilines is 1. The van der Waals surface area contributed by atoms with Gasteiger partial charge in [-0.1, -0.05) is 12.2 Å². The van der Waals surface area contributed by atoms with E-state index < -0.39 is 12.8 Å². The first kappa shape index (κ1) is 23.1. The lowest BCUT2D eigenvalue weighted by atomic mass is 9.95. The molecule has 0 saturated heterocycles. The van der Waals surface area contributed by atoms with E-state index in [0.717, 1.165) is 5.56 Å². The molecule has 3 heterocycles. The van der Waals surface area contributed by atoms with Gasteiger partial charge in [-0.15, -0.1) is 0 Å². The van der Waals surface area contributed by atoms with Crippen LogP contribution in [0.5, 0.6) is 5.88 Å². The number of aromatic nitrogens is 2. The molecule has 2 aromatic heterocycles. The van der Waals surface area contributed by atoms with E-state index in [1.807, 2.05) is 19.1 Å². The Morgan fingerprint density at radius 2 is 2.15 bits per heavy atom. The van der Waals surface area contributed by atoms with Crippen LogP contribution in [0.2, 0.25) is 0 Å². The highest BCUT2D eigenvalue weighted by atomic mass is 19.3. The van der Waals surface area contributed by atoms with Crippen LogP contribution in [-0.4, -0.2) is 41.8 Å². The Labute approximate surface area is 194 Å². The fourth-order valence-electron chi connectivity index (χ4n) is 3.69. The van der Waals surface area contributed by atoms with Crippen molar-refractivity contribution in [2.45, 2.75) is 19.8 Å². The Bertz CT molecular complexity index is 1280. The molecule has 10 heteroatoms. The minimum atomic E-state index is -3.00. The molecule has 8 nitrogen and oxygen atoms in total. The average Bonchev–Trinajstić information content (AvgIpc) is 2.81. The Hall–Kier alpha value is -4.05. The molecule has 2 aromatic rings. The molecule has 3 N–H and O–H groups in total.